The Morgan fingerprint density at radius 2 is 2.00 bits per heavy atom. The third kappa shape index (κ3) is 1.90. The summed E-state index contributed by atoms with van der Waals surface area (Å²) in [4.78, 5) is 12.4. The van der Waals surface area contributed by atoms with Crippen LogP contribution in [0.1, 0.15) is 56.3 Å². The van der Waals surface area contributed by atoms with Crippen molar-refractivity contribution in [2.75, 3.05) is 0 Å². The number of allylic oxidation sites excluding steroid dienone is 2. The molecule has 4 rings (SSSR count). The van der Waals surface area contributed by atoms with Crippen molar-refractivity contribution in [1.29, 1.82) is 0 Å². The molecule has 2 saturated carbocycles. The van der Waals surface area contributed by atoms with Crippen LogP contribution in [-0.4, -0.2) is 20.5 Å². The molecule has 0 saturated heterocycles. The zero-order chi connectivity index (χ0) is 12.1. The molecule has 1 heterocycles. The van der Waals surface area contributed by atoms with Crippen LogP contribution in [0.5, 0.6) is 0 Å². The average Bonchev–Trinajstić information content (AvgIpc) is 3.27. The molecule has 3 aliphatic rings. The maximum atomic E-state index is 11.3. The smallest absolute Gasteiger partial charge is 0.195 e. The van der Waals surface area contributed by atoms with Crippen LogP contribution >= 0.6 is 11.8 Å². The van der Waals surface area contributed by atoms with Gasteiger partial charge in [0, 0.05) is 18.4 Å². The molecule has 0 aromatic carbocycles. The molecule has 0 spiro atoms. The standard InChI is InChI=1S/C13H15N3OS/c17-10-5-6-11(7-10)18-13-15-14-12(8-1-2-8)16(13)9-3-4-9/h7-9H,1-6H2. The first kappa shape index (κ1) is 10.8. The van der Waals surface area contributed by atoms with Crippen LogP contribution in [0.15, 0.2) is 16.1 Å². The highest BCUT2D eigenvalue weighted by molar-refractivity contribution is 8.03. The highest BCUT2D eigenvalue weighted by Gasteiger charge is 2.36. The van der Waals surface area contributed by atoms with E-state index in [4.69, 9.17) is 0 Å². The van der Waals surface area contributed by atoms with Crippen molar-refractivity contribution >= 4 is 17.5 Å². The number of nitrogens with zero attached hydrogens (tertiary/aromatic N) is 3. The van der Waals surface area contributed by atoms with Crippen molar-refractivity contribution in [3.63, 3.8) is 0 Å². The van der Waals surface area contributed by atoms with Gasteiger partial charge in [0.2, 0.25) is 0 Å². The van der Waals surface area contributed by atoms with E-state index in [1.165, 1.54) is 31.5 Å². The normalized spacial score (nSPS) is 23.6. The van der Waals surface area contributed by atoms with Gasteiger partial charge in [0.25, 0.3) is 0 Å². The summed E-state index contributed by atoms with van der Waals surface area (Å²) in [6.45, 7) is 0. The predicted octanol–water partition coefficient (Wildman–Crippen LogP) is 2.83. The van der Waals surface area contributed by atoms with Crippen molar-refractivity contribution in [2.45, 2.75) is 55.6 Å². The van der Waals surface area contributed by atoms with E-state index in [-0.39, 0.29) is 5.78 Å². The summed E-state index contributed by atoms with van der Waals surface area (Å²) in [5.41, 5.74) is 0. The maximum absolute atomic E-state index is 11.3. The van der Waals surface area contributed by atoms with E-state index >= 15 is 0 Å². The van der Waals surface area contributed by atoms with E-state index in [9.17, 15) is 4.79 Å². The lowest BCUT2D eigenvalue weighted by molar-refractivity contribution is -0.114. The number of hydrogen-bond acceptors (Lipinski definition) is 4. The first-order valence-electron chi connectivity index (χ1n) is 6.67. The molecule has 4 nitrogen and oxygen atoms in total. The van der Waals surface area contributed by atoms with Crippen molar-refractivity contribution in [3.05, 3.63) is 16.8 Å². The van der Waals surface area contributed by atoms with E-state index in [2.05, 4.69) is 14.8 Å². The van der Waals surface area contributed by atoms with Gasteiger partial charge in [0.15, 0.2) is 10.9 Å². The fourth-order valence-corrected chi connectivity index (χ4v) is 3.47. The highest BCUT2D eigenvalue weighted by Crippen LogP contribution is 2.47. The summed E-state index contributed by atoms with van der Waals surface area (Å²) in [5.74, 6) is 2.08. The monoisotopic (exact) mass is 261 g/mol. The van der Waals surface area contributed by atoms with Gasteiger partial charge in [0.05, 0.1) is 0 Å². The number of hydrogen-bond donors (Lipinski definition) is 0. The summed E-state index contributed by atoms with van der Waals surface area (Å²) in [5, 5.41) is 9.73. The molecule has 94 valence electrons. The molecule has 1 aromatic rings. The Balaban J connectivity index is 1.63. The molecular formula is C13H15N3OS. The van der Waals surface area contributed by atoms with Crippen LogP contribution in [0.3, 0.4) is 0 Å². The molecule has 0 amide bonds. The Bertz CT molecular complexity index is 540. The number of aromatic nitrogens is 3. The van der Waals surface area contributed by atoms with Gasteiger partial charge in [-0.2, -0.15) is 0 Å². The minimum Gasteiger partial charge on any atom is -0.302 e. The molecule has 0 atom stereocenters. The van der Waals surface area contributed by atoms with E-state index < -0.39 is 0 Å². The van der Waals surface area contributed by atoms with Crippen molar-refractivity contribution in [2.24, 2.45) is 0 Å². The molecule has 0 aliphatic heterocycles. The number of carbonyl (C=O) groups is 1. The fourth-order valence-electron chi connectivity index (χ4n) is 2.42. The van der Waals surface area contributed by atoms with E-state index in [1.54, 1.807) is 17.8 Å². The molecule has 5 heteroatoms. The summed E-state index contributed by atoms with van der Waals surface area (Å²) in [6.07, 6.45) is 8.34. The van der Waals surface area contributed by atoms with Crippen LogP contribution in [0.2, 0.25) is 0 Å². The minimum atomic E-state index is 0.248. The summed E-state index contributed by atoms with van der Waals surface area (Å²) in [6, 6.07) is 0.621. The first-order valence-corrected chi connectivity index (χ1v) is 7.49. The third-order valence-corrected chi connectivity index (χ3v) is 4.75. The van der Waals surface area contributed by atoms with Gasteiger partial charge in [-0.1, -0.05) is 11.8 Å². The Hall–Kier alpha value is -1.10. The largest absolute Gasteiger partial charge is 0.302 e. The van der Waals surface area contributed by atoms with Gasteiger partial charge >= 0.3 is 0 Å². The van der Waals surface area contributed by atoms with E-state index in [0.29, 0.717) is 18.4 Å². The third-order valence-electron chi connectivity index (χ3n) is 3.71. The molecule has 18 heavy (non-hydrogen) atoms. The molecule has 2 fully saturated rings. The van der Waals surface area contributed by atoms with Crippen molar-refractivity contribution in [1.82, 2.24) is 14.8 Å². The number of carbonyl (C=O) groups excluding carboxylic acids is 1. The fraction of sp³-hybridized carbons (Fsp3) is 0.615. The predicted molar refractivity (Wildman–Crippen MR) is 68.4 cm³/mol. The van der Waals surface area contributed by atoms with Gasteiger partial charge in [-0.05, 0) is 43.1 Å². The molecule has 1 aromatic heterocycles. The molecule has 0 bridgehead atoms. The lowest BCUT2D eigenvalue weighted by Gasteiger charge is -2.07. The molecule has 0 radical (unpaired) electrons. The van der Waals surface area contributed by atoms with Crippen LogP contribution in [0, 0.1) is 0 Å². The lowest BCUT2D eigenvalue weighted by Crippen LogP contribution is -2.01. The average molecular weight is 261 g/mol. The van der Waals surface area contributed by atoms with Crippen LogP contribution in [-0.2, 0) is 4.79 Å². The Labute approximate surface area is 110 Å². The minimum absolute atomic E-state index is 0.248. The van der Waals surface area contributed by atoms with Gasteiger partial charge in [-0.15, -0.1) is 10.2 Å². The second kappa shape index (κ2) is 3.95. The van der Waals surface area contributed by atoms with Gasteiger partial charge < -0.3 is 4.57 Å². The van der Waals surface area contributed by atoms with E-state index in [0.717, 1.165) is 16.5 Å². The molecule has 0 unspecified atom stereocenters. The maximum Gasteiger partial charge on any atom is 0.195 e. The van der Waals surface area contributed by atoms with Crippen molar-refractivity contribution < 1.29 is 4.79 Å². The summed E-state index contributed by atoms with van der Waals surface area (Å²) < 4.78 is 2.34. The van der Waals surface area contributed by atoms with Crippen molar-refractivity contribution in [3.8, 4) is 0 Å². The highest BCUT2D eigenvalue weighted by atomic mass is 32.2. The first-order chi connectivity index (χ1) is 8.81. The zero-order valence-corrected chi connectivity index (χ0v) is 10.9. The zero-order valence-electron chi connectivity index (χ0n) is 10.1. The second-order valence-electron chi connectivity index (χ2n) is 5.40. The van der Waals surface area contributed by atoms with Gasteiger partial charge in [-0.3, -0.25) is 4.79 Å². The molecule has 0 N–H and O–H groups in total. The molecule has 3 aliphatic carbocycles. The van der Waals surface area contributed by atoms with Gasteiger partial charge in [-0.25, -0.2) is 0 Å². The Morgan fingerprint density at radius 3 is 2.61 bits per heavy atom. The SMILES string of the molecule is O=C1C=C(Sc2nnc(C3CC3)n2C2CC2)CC1. The van der Waals surface area contributed by atoms with Gasteiger partial charge in [0.1, 0.15) is 5.82 Å². The number of ketones is 1. The molecular weight excluding hydrogens is 246 g/mol. The number of thioether (sulfide) groups is 1. The lowest BCUT2D eigenvalue weighted by atomic mass is 10.3. The Morgan fingerprint density at radius 1 is 1.17 bits per heavy atom. The van der Waals surface area contributed by atoms with E-state index in [1.807, 2.05) is 0 Å². The summed E-state index contributed by atoms with van der Waals surface area (Å²) in [7, 11) is 0. The second-order valence-corrected chi connectivity index (χ2v) is 6.49. The van der Waals surface area contributed by atoms with Crippen LogP contribution < -0.4 is 0 Å². The number of rotatable bonds is 4. The summed E-state index contributed by atoms with van der Waals surface area (Å²) >= 11 is 1.65. The van der Waals surface area contributed by atoms with Crippen LogP contribution in [0.25, 0.3) is 0 Å². The topological polar surface area (TPSA) is 47.8 Å². The quantitative estimate of drug-likeness (QED) is 0.836. The van der Waals surface area contributed by atoms with Crippen LogP contribution in [0.4, 0.5) is 0 Å². The Kier molecular flexibility index (Phi) is 2.37.